The fourth-order valence-corrected chi connectivity index (χ4v) is 3.04. The highest BCUT2D eigenvalue weighted by molar-refractivity contribution is 9.10. The molecule has 0 saturated carbocycles. The maximum atomic E-state index is 4.59. The summed E-state index contributed by atoms with van der Waals surface area (Å²) >= 11 is 3.73. The lowest BCUT2D eigenvalue weighted by Crippen LogP contribution is -2.19. The summed E-state index contributed by atoms with van der Waals surface area (Å²) in [4.78, 5) is 6.85. The Labute approximate surface area is 136 Å². The first kappa shape index (κ1) is 16.0. The van der Waals surface area contributed by atoms with Gasteiger partial charge in [-0.25, -0.2) is 4.98 Å². The molecule has 2 nitrogen and oxygen atoms in total. The fraction of sp³-hybridized carbons (Fsp3) is 0.389. The lowest BCUT2D eigenvalue weighted by Gasteiger charge is -2.26. The second-order valence-electron chi connectivity index (χ2n) is 5.69. The zero-order valence-electron chi connectivity index (χ0n) is 13.4. The second kappa shape index (κ2) is 6.61. The fourth-order valence-electron chi connectivity index (χ4n) is 2.43. The first-order valence-electron chi connectivity index (χ1n) is 7.44. The molecule has 0 spiro atoms. The van der Waals surface area contributed by atoms with E-state index in [1.54, 1.807) is 0 Å². The van der Waals surface area contributed by atoms with Gasteiger partial charge in [0.05, 0.1) is 5.69 Å². The monoisotopic (exact) mass is 346 g/mol. The van der Waals surface area contributed by atoms with E-state index in [4.69, 9.17) is 0 Å². The molecular weight excluding hydrogens is 324 g/mol. The zero-order chi connectivity index (χ0) is 15.6. The van der Waals surface area contributed by atoms with Gasteiger partial charge in [0.15, 0.2) is 0 Å². The van der Waals surface area contributed by atoms with Gasteiger partial charge in [0.2, 0.25) is 0 Å². The van der Waals surface area contributed by atoms with Gasteiger partial charge in [-0.3, -0.25) is 0 Å². The third kappa shape index (κ3) is 3.29. The van der Waals surface area contributed by atoms with Gasteiger partial charge in [-0.15, -0.1) is 0 Å². The van der Waals surface area contributed by atoms with Crippen molar-refractivity contribution in [1.29, 1.82) is 0 Å². The first-order chi connectivity index (χ1) is 9.95. The molecule has 0 saturated heterocycles. The SMILES string of the molecule is CCN(c1ccc(C(C)C)cc1Br)c1nccc(C)c1C. The third-order valence-corrected chi connectivity index (χ3v) is 4.58. The topological polar surface area (TPSA) is 16.1 Å². The van der Waals surface area contributed by atoms with E-state index in [-0.39, 0.29) is 0 Å². The molecule has 0 unspecified atom stereocenters. The Morgan fingerprint density at radius 3 is 2.48 bits per heavy atom. The van der Waals surface area contributed by atoms with Gasteiger partial charge in [0.25, 0.3) is 0 Å². The van der Waals surface area contributed by atoms with E-state index in [1.165, 1.54) is 22.4 Å². The molecule has 0 amide bonds. The lowest BCUT2D eigenvalue weighted by atomic mass is 10.0. The molecule has 3 heteroatoms. The van der Waals surface area contributed by atoms with Crippen molar-refractivity contribution in [3.8, 4) is 0 Å². The van der Waals surface area contributed by atoms with E-state index >= 15 is 0 Å². The number of aromatic nitrogens is 1. The largest absolute Gasteiger partial charge is 0.325 e. The van der Waals surface area contributed by atoms with Crippen LogP contribution in [0, 0.1) is 13.8 Å². The second-order valence-corrected chi connectivity index (χ2v) is 6.54. The standard InChI is InChI=1S/C18H23BrN2/c1-6-21(18-14(5)13(4)9-10-20-18)17-8-7-15(12(2)3)11-16(17)19/h7-12H,6H2,1-5H3. The molecule has 1 heterocycles. The molecule has 0 radical (unpaired) electrons. The van der Waals surface area contributed by atoms with Crippen LogP contribution in [0.1, 0.15) is 43.4 Å². The molecule has 0 fully saturated rings. The van der Waals surface area contributed by atoms with Crippen molar-refractivity contribution in [2.45, 2.75) is 40.5 Å². The summed E-state index contributed by atoms with van der Waals surface area (Å²) in [6.45, 7) is 11.7. The minimum Gasteiger partial charge on any atom is -0.325 e. The molecule has 1 aromatic carbocycles. The van der Waals surface area contributed by atoms with Crippen LogP contribution in [0.4, 0.5) is 11.5 Å². The van der Waals surface area contributed by atoms with Crippen LogP contribution in [0.2, 0.25) is 0 Å². The average Bonchev–Trinajstić information content (AvgIpc) is 2.45. The Kier molecular flexibility index (Phi) is 5.04. The molecule has 0 aliphatic rings. The number of pyridine rings is 1. The van der Waals surface area contributed by atoms with Crippen LogP contribution >= 0.6 is 15.9 Å². The van der Waals surface area contributed by atoms with Gasteiger partial charge in [0.1, 0.15) is 5.82 Å². The van der Waals surface area contributed by atoms with Crippen molar-refractivity contribution in [2.75, 3.05) is 11.4 Å². The highest BCUT2D eigenvalue weighted by Crippen LogP contribution is 2.35. The number of halogens is 1. The Morgan fingerprint density at radius 1 is 1.19 bits per heavy atom. The van der Waals surface area contributed by atoms with Gasteiger partial charge in [0, 0.05) is 17.2 Å². The highest BCUT2D eigenvalue weighted by Gasteiger charge is 2.15. The van der Waals surface area contributed by atoms with Crippen molar-refractivity contribution in [3.63, 3.8) is 0 Å². The number of aryl methyl sites for hydroxylation is 1. The van der Waals surface area contributed by atoms with Crippen molar-refractivity contribution < 1.29 is 0 Å². The van der Waals surface area contributed by atoms with Crippen LogP contribution in [0.15, 0.2) is 34.9 Å². The third-order valence-electron chi connectivity index (χ3n) is 3.95. The molecule has 0 atom stereocenters. The summed E-state index contributed by atoms with van der Waals surface area (Å²) in [6, 6.07) is 8.67. The van der Waals surface area contributed by atoms with Crippen molar-refractivity contribution in [1.82, 2.24) is 4.98 Å². The molecular formula is C18H23BrN2. The Bertz CT molecular complexity index is 635. The molecule has 0 aliphatic heterocycles. The van der Waals surface area contributed by atoms with E-state index < -0.39 is 0 Å². The summed E-state index contributed by atoms with van der Waals surface area (Å²) in [5, 5.41) is 0. The number of anilines is 2. The summed E-state index contributed by atoms with van der Waals surface area (Å²) in [5.41, 5.74) is 5.02. The zero-order valence-corrected chi connectivity index (χ0v) is 15.0. The van der Waals surface area contributed by atoms with Crippen LogP contribution in [0.25, 0.3) is 0 Å². The quantitative estimate of drug-likeness (QED) is 0.701. The average molecular weight is 347 g/mol. The van der Waals surface area contributed by atoms with Gasteiger partial charge in [-0.05, 0) is 77.5 Å². The number of benzene rings is 1. The van der Waals surface area contributed by atoms with Crippen LogP contribution in [0.5, 0.6) is 0 Å². The molecule has 2 aromatic rings. The number of rotatable bonds is 4. The van der Waals surface area contributed by atoms with Crippen LogP contribution in [0.3, 0.4) is 0 Å². The van der Waals surface area contributed by atoms with Crippen molar-refractivity contribution in [3.05, 3.63) is 51.6 Å². The molecule has 0 bridgehead atoms. The predicted molar refractivity (Wildman–Crippen MR) is 94.6 cm³/mol. The maximum Gasteiger partial charge on any atom is 0.136 e. The van der Waals surface area contributed by atoms with Gasteiger partial charge < -0.3 is 4.90 Å². The molecule has 1 aromatic heterocycles. The van der Waals surface area contributed by atoms with Crippen molar-refractivity contribution in [2.24, 2.45) is 0 Å². The van der Waals surface area contributed by atoms with E-state index in [2.05, 4.69) is 84.7 Å². The maximum absolute atomic E-state index is 4.59. The smallest absolute Gasteiger partial charge is 0.136 e. The van der Waals surface area contributed by atoms with Gasteiger partial charge in [-0.1, -0.05) is 19.9 Å². The molecule has 21 heavy (non-hydrogen) atoms. The van der Waals surface area contributed by atoms with E-state index in [1.807, 2.05) is 6.20 Å². The van der Waals surface area contributed by atoms with Gasteiger partial charge in [-0.2, -0.15) is 0 Å². The summed E-state index contributed by atoms with van der Waals surface area (Å²) < 4.78 is 1.12. The summed E-state index contributed by atoms with van der Waals surface area (Å²) in [7, 11) is 0. The van der Waals surface area contributed by atoms with Crippen LogP contribution < -0.4 is 4.90 Å². The van der Waals surface area contributed by atoms with Crippen LogP contribution in [-0.2, 0) is 0 Å². The minimum absolute atomic E-state index is 0.532. The summed E-state index contributed by atoms with van der Waals surface area (Å²) in [5.74, 6) is 1.57. The van der Waals surface area contributed by atoms with Gasteiger partial charge >= 0.3 is 0 Å². The van der Waals surface area contributed by atoms with E-state index in [0.717, 1.165) is 16.8 Å². The lowest BCUT2D eigenvalue weighted by molar-refractivity contribution is 0.864. The molecule has 0 aliphatic carbocycles. The summed E-state index contributed by atoms with van der Waals surface area (Å²) in [6.07, 6.45) is 1.89. The normalized spacial score (nSPS) is 11.0. The molecule has 112 valence electrons. The van der Waals surface area contributed by atoms with Crippen LogP contribution in [-0.4, -0.2) is 11.5 Å². The number of hydrogen-bond acceptors (Lipinski definition) is 2. The van der Waals surface area contributed by atoms with E-state index in [9.17, 15) is 0 Å². The van der Waals surface area contributed by atoms with Crippen molar-refractivity contribution >= 4 is 27.4 Å². The number of nitrogens with zero attached hydrogens (tertiary/aromatic N) is 2. The molecule has 0 N–H and O–H groups in total. The minimum atomic E-state index is 0.532. The van der Waals surface area contributed by atoms with E-state index in [0.29, 0.717) is 5.92 Å². The number of hydrogen-bond donors (Lipinski definition) is 0. The Balaban J connectivity index is 2.49. The predicted octanol–water partition coefficient (Wildman–Crippen LogP) is 5.74. The highest BCUT2D eigenvalue weighted by atomic mass is 79.9. The Hall–Kier alpha value is -1.35. The first-order valence-corrected chi connectivity index (χ1v) is 8.24. The molecule has 2 rings (SSSR count). The Morgan fingerprint density at radius 2 is 1.90 bits per heavy atom.